The molecule has 0 unspecified atom stereocenters. The molecule has 0 aliphatic carbocycles. The van der Waals surface area contributed by atoms with Crippen LogP contribution in [0.5, 0.6) is 0 Å². The van der Waals surface area contributed by atoms with Gasteiger partial charge in [-0.15, -0.1) is 11.3 Å². The van der Waals surface area contributed by atoms with Gasteiger partial charge in [0.25, 0.3) is 0 Å². The third-order valence-electron chi connectivity index (χ3n) is 3.04. The van der Waals surface area contributed by atoms with Crippen LogP contribution in [0.2, 0.25) is 0 Å². The van der Waals surface area contributed by atoms with Crippen LogP contribution in [0.1, 0.15) is 25.8 Å². The number of rotatable bonds is 2. The Morgan fingerprint density at radius 3 is 1.95 bits per heavy atom. The van der Waals surface area contributed by atoms with E-state index in [1.54, 1.807) is 11.3 Å². The Morgan fingerprint density at radius 2 is 1.36 bits per heavy atom. The number of benzene rings is 2. The monoisotopic (exact) mass is 532 g/mol. The third kappa shape index (κ3) is 5.43. The molecule has 0 aliphatic heterocycles. The summed E-state index contributed by atoms with van der Waals surface area (Å²) in [4.78, 5) is 1.33. The van der Waals surface area contributed by atoms with Crippen molar-refractivity contribution in [3.63, 3.8) is 0 Å². The van der Waals surface area contributed by atoms with E-state index in [1.807, 2.05) is 0 Å². The van der Waals surface area contributed by atoms with Gasteiger partial charge in [0.2, 0.25) is 0 Å². The SMILES string of the molecule is CCC.Cc1ccc(-c2cc(-c3ccccc3)cs2)cc1.[U]. The second kappa shape index (κ2) is 10.1. The molecule has 0 saturated carbocycles. The van der Waals surface area contributed by atoms with E-state index in [4.69, 9.17) is 0 Å². The van der Waals surface area contributed by atoms with Gasteiger partial charge in [0.1, 0.15) is 0 Å². The standard InChI is InChI=1S/C17H14S.C3H8.U/c1-13-7-9-15(10-8-13)17-11-16(12-18-17)14-5-3-2-4-6-14;1-3-2;/h2-12H,1H3;3H2,1-2H3;. The van der Waals surface area contributed by atoms with Gasteiger partial charge in [-0.25, -0.2) is 0 Å². The number of hydrogen-bond acceptors (Lipinski definition) is 1. The van der Waals surface area contributed by atoms with E-state index in [0.29, 0.717) is 0 Å². The maximum atomic E-state index is 2.27. The van der Waals surface area contributed by atoms with Gasteiger partial charge in [-0.2, -0.15) is 0 Å². The first-order valence-electron chi connectivity index (χ1n) is 7.45. The fourth-order valence-electron chi connectivity index (χ4n) is 1.99. The molecule has 0 atom stereocenters. The molecule has 0 saturated heterocycles. The molecular formula is C20H22SU. The summed E-state index contributed by atoms with van der Waals surface area (Å²) < 4.78 is 0. The van der Waals surface area contributed by atoms with Gasteiger partial charge in [0, 0.05) is 36.0 Å². The molecule has 2 aromatic carbocycles. The molecule has 1 aromatic heterocycles. The van der Waals surface area contributed by atoms with Crippen LogP contribution in [0.25, 0.3) is 21.6 Å². The van der Waals surface area contributed by atoms with Gasteiger partial charge in [0.05, 0.1) is 0 Å². The van der Waals surface area contributed by atoms with Crippen molar-refractivity contribution in [2.45, 2.75) is 27.2 Å². The topological polar surface area (TPSA) is 0 Å². The molecule has 0 bridgehead atoms. The zero-order chi connectivity index (χ0) is 15.1. The molecule has 0 spiro atoms. The summed E-state index contributed by atoms with van der Waals surface area (Å²) in [6.07, 6.45) is 1.25. The van der Waals surface area contributed by atoms with Gasteiger partial charge in [-0.3, -0.25) is 0 Å². The zero-order valence-corrected chi connectivity index (χ0v) is 18.4. The van der Waals surface area contributed by atoms with Gasteiger partial charge >= 0.3 is 0 Å². The average molecular weight is 532 g/mol. The van der Waals surface area contributed by atoms with Crippen molar-refractivity contribution in [1.29, 1.82) is 0 Å². The zero-order valence-electron chi connectivity index (χ0n) is 13.5. The number of aryl methyl sites for hydroxylation is 1. The van der Waals surface area contributed by atoms with Crippen molar-refractivity contribution >= 4 is 11.3 Å². The molecule has 0 radical (unpaired) electrons. The minimum Gasteiger partial charge on any atom is -0.143 e. The molecule has 112 valence electrons. The molecule has 0 aliphatic rings. The Balaban J connectivity index is 0.000000562. The van der Waals surface area contributed by atoms with Crippen molar-refractivity contribution in [2.24, 2.45) is 0 Å². The van der Waals surface area contributed by atoms with Crippen LogP contribution in [0, 0.1) is 38.0 Å². The molecule has 0 fully saturated rings. The first-order valence-corrected chi connectivity index (χ1v) is 8.33. The molecule has 0 amide bonds. The van der Waals surface area contributed by atoms with Crippen LogP contribution < -0.4 is 0 Å². The van der Waals surface area contributed by atoms with E-state index < -0.39 is 0 Å². The van der Waals surface area contributed by atoms with Crippen LogP contribution in [0.3, 0.4) is 0 Å². The molecule has 22 heavy (non-hydrogen) atoms. The smallest absolute Gasteiger partial charge is 0.0349 e. The molecular weight excluding hydrogens is 510 g/mol. The molecule has 0 N–H and O–H groups in total. The Morgan fingerprint density at radius 1 is 0.773 bits per heavy atom. The van der Waals surface area contributed by atoms with E-state index >= 15 is 0 Å². The van der Waals surface area contributed by atoms with E-state index in [2.05, 4.69) is 86.8 Å². The predicted octanol–water partition coefficient (Wildman–Crippen LogP) is 6.81. The normalized spacial score (nSPS) is 9.41. The quantitative estimate of drug-likeness (QED) is 0.340. The fraction of sp³-hybridized carbons (Fsp3) is 0.200. The summed E-state index contributed by atoms with van der Waals surface area (Å²) in [6.45, 7) is 6.37. The average Bonchev–Trinajstić information content (AvgIpc) is 3.00. The second-order valence-corrected chi connectivity index (χ2v) is 6.05. The third-order valence-corrected chi connectivity index (χ3v) is 4.02. The summed E-state index contributed by atoms with van der Waals surface area (Å²) in [6, 6.07) is 21.5. The van der Waals surface area contributed by atoms with E-state index in [0.717, 1.165) is 0 Å². The van der Waals surface area contributed by atoms with Crippen molar-refractivity contribution in [2.75, 3.05) is 0 Å². The van der Waals surface area contributed by atoms with Crippen molar-refractivity contribution in [3.05, 3.63) is 71.6 Å². The predicted molar refractivity (Wildman–Crippen MR) is 95.9 cm³/mol. The molecule has 0 nitrogen and oxygen atoms in total. The van der Waals surface area contributed by atoms with Crippen LogP contribution in [0.4, 0.5) is 0 Å². The first-order chi connectivity index (χ1) is 10.2. The maximum Gasteiger partial charge on any atom is 0.0349 e. The fourth-order valence-corrected chi connectivity index (χ4v) is 2.91. The molecule has 3 aromatic rings. The Kier molecular flexibility index (Phi) is 8.80. The minimum atomic E-state index is 0. The molecule has 2 heteroatoms. The van der Waals surface area contributed by atoms with Gasteiger partial charge in [0.15, 0.2) is 0 Å². The van der Waals surface area contributed by atoms with Gasteiger partial charge in [-0.1, -0.05) is 80.4 Å². The summed E-state index contributed by atoms with van der Waals surface area (Å²) in [5, 5.41) is 2.23. The second-order valence-electron chi connectivity index (χ2n) is 5.14. The Labute approximate surface area is 162 Å². The van der Waals surface area contributed by atoms with Crippen LogP contribution >= 0.6 is 11.3 Å². The van der Waals surface area contributed by atoms with E-state index in [9.17, 15) is 0 Å². The largest absolute Gasteiger partial charge is 0.143 e. The summed E-state index contributed by atoms with van der Waals surface area (Å²) in [7, 11) is 0. The van der Waals surface area contributed by atoms with Crippen molar-refractivity contribution in [3.8, 4) is 21.6 Å². The van der Waals surface area contributed by atoms with Gasteiger partial charge < -0.3 is 0 Å². The maximum absolute atomic E-state index is 2.27. The molecule has 1 heterocycles. The van der Waals surface area contributed by atoms with Crippen molar-refractivity contribution in [1.82, 2.24) is 0 Å². The first kappa shape index (κ1) is 19.2. The van der Waals surface area contributed by atoms with Crippen molar-refractivity contribution < 1.29 is 31.1 Å². The summed E-state index contributed by atoms with van der Waals surface area (Å²) in [5.41, 5.74) is 5.19. The van der Waals surface area contributed by atoms with E-state index in [1.165, 1.54) is 33.6 Å². The minimum absolute atomic E-state index is 0. The van der Waals surface area contributed by atoms with Crippen LogP contribution in [-0.4, -0.2) is 0 Å². The number of hydrogen-bond donors (Lipinski definition) is 0. The molecule has 3 rings (SSSR count). The van der Waals surface area contributed by atoms with Crippen LogP contribution in [0.15, 0.2) is 66.0 Å². The summed E-state index contributed by atoms with van der Waals surface area (Å²) in [5.74, 6) is 0. The summed E-state index contributed by atoms with van der Waals surface area (Å²) >= 11 is 1.80. The van der Waals surface area contributed by atoms with Crippen LogP contribution in [-0.2, 0) is 0 Å². The Hall–Kier alpha value is -0.808. The van der Waals surface area contributed by atoms with E-state index in [-0.39, 0.29) is 31.1 Å². The van der Waals surface area contributed by atoms with Gasteiger partial charge in [-0.05, 0) is 35.1 Å². The number of thiophene rings is 1. The Bertz CT molecular complexity index is 654.